The summed E-state index contributed by atoms with van der Waals surface area (Å²) in [5.74, 6) is 0.404. The second-order valence-corrected chi connectivity index (χ2v) is 6.82. The van der Waals surface area contributed by atoms with E-state index >= 15 is 0 Å². The monoisotopic (exact) mass is 296 g/mol. The largest absolute Gasteiger partial charge is 0.384 e. The standard InChI is InChI=1S/C13H20N4O2S/c1-10-6-8-17(9-7-10)20(18,19)16-12-5-3-2-4-11(12)13(14)15/h2-5,10,16H,6-9H2,1H3,(H3,14,15). The number of piperidine rings is 1. The predicted molar refractivity (Wildman–Crippen MR) is 80.0 cm³/mol. The summed E-state index contributed by atoms with van der Waals surface area (Å²) in [6.45, 7) is 3.18. The fourth-order valence-corrected chi connectivity index (χ4v) is 3.51. The zero-order chi connectivity index (χ0) is 14.8. The van der Waals surface area contributed by atoms with Crippen LogP contribution in [-0.2, 0) is 10.2 Å². The number of para-hydroxylation sites is 1. The van der Waals surface area contributed by atoms with Crippen molar-refractivity contribution in [1.82, 2.24) is 4.31 Å². The highest BCUT2D eigenvalue weighted by Crippen LogP contribution is 2.22. The van der Waals surface area contributed by atoms with Crippen LogP contribution in [0.4, 0.5) is 5.69 Å². The van der Waals surface area contributed by atoms with E-state index in [1.807, 2.05) is 0 Å². The van der Waals surface area contributed by atoms with Gasteiger partial charge in [0.1, 0.15) is 5.84 Å². The van der Waals surface area contributed by atoms with Crippen LogP contribution in [-0.4, -0.2) is 31.6 Å². The number of hydrogen-bond donors (Lipinski definition) is 3. The molecule has 4 N–H and O–H groups in total. The summed E-state index contributed by atoms with van der Waals surface area (Å²) < 4.78 is 28.7. The molecule has 2 rings (SSSR count). The summed E-state index contributed by atoms with van der Waals surface area (Å²) >= 11 is 0. The van der Waals surface area contributed by atoms with Crippen molar-refractivity contribution in [2.75, 3.05) is 17.8 Å². The van der Waals surface area contributed by atoms with Crippen molar-refractivity contribution in [2.24, 2.45) is 11.7 Å². The maximum Gasteiger partial charge on any atom is 0.301 e. The van der Waals surface area contributed by atoms with Crippen LogP contribution in [0.2, 0.25) is 0 Å². The fourth-order valence-electron chi connectivity index (χ4n) is 2.24. The minimum absolute atomic E-state index is 0.157. The fraction of sp³-hybridized carbons (Fsp3) is 0.462. The molecule has 1 aromatic carbocycles. The van der Waals surface area contributed by atoms with Gasteiger partial charge in [-0.2, -0.15) is 12.7 Å². The predicted octanol–water partition coefficient (Wildman–Crippen LogP) is 1.36. The Balaban J connectivity index is 2.18. The Bertz CT molecular complexity index is 592. The molecule has 1 heterocycles. The first-order valence-electron chi connectivity index (χ1n) is 6.61. The van der Waals surface area contributed by atoms with Gasteiger partial charge in [-0.25, -0.2) is 0 Å². The zero-order valence-electron chi connectivity index (χ0n) is 11.5. The van der Waals surface area contributed by atoms with Gasteiger partial charge >= 0.3 is 10.2 Å². The Labute approximate surface area is 119 Å². The lowest BCUT2D eigenvalue weighted by atomic mass is 10.0. The average Bonchev–Trinajstić information content (AvgIpc) is 2.39. The van der Waals surface area contributed by atoms with E-state index < -0.39 is 10.2 Å². The van der Waals surface area contributed by atoms with E-state index in [0.29, 0.717) is 30.3 Å². The van der Waals surface area contributed by atoms with Crippen molar-refractivity contribution in [1.29, 1.82) is 5.41 Å². The minimum atomic E-state index is -3.58. The third-order valence-corrected chi connectivity index (χ3v) is 5.06. The molecule has 7 heteroatoms. The Morgan fingerprint density at radius 2 is 1.95 bits per heavy atom. The van der Waals surface area contributed by atoms with Gasteiger partial charge in [-0.05, 0) is 30.9 Å². The van der Waals surface area contributed by atoms with E-state index in [0.717, 1.165) is 12.8 Å². The summed E-state index contributed by atoms with van der Waals surface area (Å²) in [7, 11) is -3.58. The van der Waals surface area contributed by atoms with Gasteiger partial charge in [-0.1, -0.05) is 19.1 Å². The van der Waals surface area contributed by atoms with E-state index in [4.69, 9.17) is 11.1 Å². The van der Waals surface area contributed by atoms with Crippen molar-refractivity contribution in [3.05, 3.63) is 29.8 Å². The second-order valence-electron chi connectivity index (χ2n) is 5.15. The maximum atomic E-state index is 12.3. The normalized spacial score (nSPS) is 17.9. The van der Waals surface area contributed by atoms with Crippen LogP contribution in [0.25, 0.3) is 0 Å². The molecule has 0 unspecified atom stereocenters. The highest BCUT2D eigenvalue weighted by Gasteiger charge is 2.26. The van der Waals surface area contributed by atoms with Crippen LogP contribution in [0.15, 0.2) is 24.3 Å². The molecule has 0 bridgehead atoms. The Morgan fingerprint density at radius 1 is 1.35 bits per heavy atom. The van der Waals surface area contributed by atoms with E-state index in [-0.39, 0.29) is 5.84 Å². The lowest BCUT2D eigenvalue weighted by Gasteiger charge is -2.29. The molecular formula is C13H20N4O2S. The number of nitrogens with zero attached hydrogens (tertiary/aromatic N) is 1. The van der Waals surface area contributed by atoms with Crippen LogP contribution < -0.4 is 10.5 Å². The molecule has 0 spiro atoms. The molecule has 0 amide bonds. The molecule has 1 aromatic rings. The van der Waals surface area contributed by atoms with Gasteiger partial charge in [0.05, 0.1) is 5.69 Å². The van der Waals surface area contributed by atoms with Crippen molar-refractivity contribution in [2.45, 2.75) is 19.8 Å². The molecule has 20 heavy (non-hydrogen) atoms. The quantitative estimate of drug-likeness (QED) is 0.578. The molecule has 0 radical (unpaired) electrons. The third-order valence-electron chi connectivity index (χ3n) is 3.54. The van der Waals surface area contributed by atoms with E-state index in [1.165, 1.54) is 4.31 Å². The van der Waals surface area contributed by atoms with Crippen LogP contribution in [0.3, 0.4) is 0 Å². The highest BCUT2D eigenvalue weighted by atomic mass is 32.2. The summed E-state index contributed by atoms with van der Waals surface area (Å²) in [4.78, 5) is 0. The first kappa shape index (κ1) is 14.8. The first-order valence-corrected chi connectivity index (χ1v) is 8.05. The van der Waals surface area contributed by atoms with E-state index in [2.05, 4.69) is 11.6 Å². The Morgan fingerprint density at radius 3 is 2.55 bits per heavy atom. The number of anilines is 1. The van der Waals surface area contributed by atoms with Gasteiger partial charge in [0.2, 0.25) is 0 Å². The third kappa shape index (κ3) is 3.29. The van der Waals surface area contributed by atoms with Crippen molar-refractivity contribution < 1.29 is 8.42 Å². The first-order chi connectivity index (χ1) is 9.40. The van der Waals surface area contributed by atoms with Gasteiger partial charge < -0.3 is 5.73 Å². The smallest absolute Gasteiger partial charge is 0.301 e. The molecular weight excluding hydrogens is 276 g/mol. The molecule has 1 aliphatic heterocycles. The number of nitrogens with one attached hydrogen (secondary N) is 2. The lowest BCUT2D eigenvalue weighted by molar-refractivity contribution is 0.289. The molecule has 0 aromatic heterocycles. The topological polar surface area (TPSA) is 99.3 Å². The van der Waals surface area contributed by atoms with Gasteiger partial charge in [-0.15, -0.1) is 0 Å². The summed E-state index contributed by atoms with van der Waals surface area (Å²) in [5.41, 5.74) is 6.20. The number of hydrogen-bond acceptors (Lipinski definition) is 3. The Kier molecular flexibility index (Phi) is 4.29. The molecule has 1 saturated heterocycles. The van der Waals surface area contributed by atoms with Crippen LogP contribution in [0.5, 0.6) is 0 Å². The van der Waals surface area contributed by atoms with Gasteiger partial charge in [0, 0.05) is 18.7 Å². The number of benzene rings is 1. The summed E-state index contributed by atoms with van der Waals surface area (Å²) in [5, 5.41) is 7.48. The highest BCUT2D eigenvalue weighted by molar-refractivity contribution is 7.90. The molecule has 0 saturated carbocycles. The molecule has 6 nitrogen and oxygen atoms in total. The van der Waals surface area contributed by atoms with Gasteiger partial charge in [0.15, 0.2) is 0 Å². The molecule has 1 fully saturated rings. The zero-order valence-corrected chi connectivity index (χ0v) is 12.3. The molecule has 0 aliphatic carbocycles. The van der Waals surface area contributed by atoms with Crippen molar-refractivity contribution >= 4 is 21.7 Å². The van der Waals surface area contributed by atoms with E-state index in [1.54, 1.807) is 24.3 Å². The number of nitrogens with two attached hydrogens (primary N) is 1. The number of amidine groups is 1. The SMILES string of the molecule is CC1CCN(S(=O)(=O)Nc2ccccc2C(=N)N)CC1. The maximum absolute atomic E-state index is 12.3. The molecule has 1 aliphatic rings. The van der Waals surface area contributed by atoms with Crippen molar-refractivity contribution in [3.8, 4) is 0 Å². The summed E-state index contributed by atoms with van der Waals surface area (Å²) in [6.07, 6.45) is 1.74. The average molecular weight is 296 g/mol. The van der Waals surface area contributed by atoms with Gasteiger partial charge in [0.25, 0.3) is 0 Å². The molecule has 110 valence electrons. The number of nitrogen functional groups attached to an aromatic ring is 1. The van der Waals surface area contributed by atoms with Gasteiger partial charge in [-0.3, -0.25) is 10.1 Å². The second kappa shape index (κ2) is 5.80. The lowest BCUT2D eigenvalue weighted by Crippen LogP contribution is -2.41. The van der Waals surface area contributed by atoms with Crippen LogP contribution in [0.1, 0.15) is 25.3 Å². The van der Waals surface area contributed by atoms with Crippen molar-refractivity contribution in [3.63, 3.8) is 0 Å². The van der Waals surface area contributed by atoms with Crippen LogP contribution in [0, 0.1) is 11.3 Å². The summed E-state index contributed by atoms with van der Waals surface area (Å²) in [6, 6.07) is 6.67. The molecule has 0 atom stereocenters. The van der Waals surface area contributed by atoms with Crippen LogP contribution >= 0.6 is 0 Å². The number of rotatable bonds is 4. The Hall–Kier alpha value is -1.60. The minimum Gasteiger partial charge on any atom is -0.384 e. The van der Waals surface area contributed by atoms with E-state index in [9.17, 15) is 8.42 Å².